The van der Waals surface area contributed by atoms with Crippen LogP contribution in [-0.4, -0.2) is 58.9 Å². The Morgan fingerprint density at radius 3 is 2.64 bits per heavy atom. The van der Waals surface area contributed by atoms with E-state index in [1.54, 1.807) is 6.26 Å². The number of hydrogen-bond donors (Lipinski definition) is 1. The van der Waals surface area contributed by atoms with Crippen LogP contribution < -0.4 is 0 Å². The number of unbranched alkanes of at least 4 members (excludes halogenated alkanes) is 2. The smallest absolute Gasteiger partial charge is 0.339 e. The number of allylic oxidation sites excluding steroid dienone is 1. The van der Waals surface area contributed by atoms with E-state index in [4.69, 9.17) is 23.4 Å². The zero-order valence-corrected chi connectivity index (χ0v) is 24.8. The first-order valence-electron chi connectivity index (χ1n) is 15.7. The zero-order valence-electron chi connectivity index (χ0n) is 24.8. The summed E-state index contributed by atoms with van der Waals surface area (Å²) in [5.74, 6) is -0.637. The molecule has 2 saturated carbocycles. The molecule has 4 saturated heterocycles. The molecule has 4 aliphatic heterocycles. The molecule has 10 atom stereocenters. The van der Waals surface area contributed by atoms with E-state index in [2.05, 4.69) is 13.8 Å². The van der Waals surface area contributed by atoms with Gasteiger partial charge in [-0.25, -0.2) is 4.79 Å². The number of rotatable bonds is 5. The lowest BCUT2D eigenvalue weighted by Crippen LogP contribution is -2.79. The van der Waals surface area contributed by atoms with Crippen molar-refractivity contribution in [3.63, 3.8) is 0 Å². The number of aliphatic hydroxyl groups is 1. The average Bonchev–Trinajstić information content (AvgIpc) is 3.57. The second kappa shape index (κ2) is 8.16. The summed E-state index contributed by atoms with van der Waals surface area (Å²) >= 11 is 0. The van der Waals surface area contributed by atoms with E-state index in [9.17, 15) is 19.5 Å². The first-order valence-corrected chi connectivity index (χ1v) is 15.7. The molecule has 0 aromatic carbocycles. The lowest BCUT2D eigenvalue weighted by atomic mass is 9.33. The minimum Gasteiger partial charge on any atom is -0.469 e. The number of aryl methyl sites for hydroxylation is 1. The number of fused-ring (bicyclic) bond motifs is 2. The number of ketones is 1. The lowest BCUT2D eigenvalue weighted by molar-refractivity contribution is -0.262. The fourth-order valence-corrected chi connectivity index (χ4v) is 11.4. The number of aliphatic hydroxyl groups excluding tert-OH is 1. The Balaban J connectivity index is 1.32. The van der Waals surface area contributed by atoms with E-state index >= 15 is 0 Å². The van der Waals surface area contributed by atoms with Gasteiger partial charge in [-0.15, -0.1) is 0 Å². The number of esters is 2. The molecule has 226 valence electrons. The maximum Gasteiger partial charge on any atom is 0.339 e. The van der Waals surface area contributed by atoms with E-state index in [1.807, 2.05) is 32.1 Å². The monoisotopic (exact) mass is 580 g/mol. The van der Waals surface area contributed by atoms with Crippen molar-refractivity contribution in [2.45, 2.75) is 115 Å². The number of carbonyl (C=O) groups excluding carboxylic acids is 3. The Labute approximate surface area is 245 Å². The quantitative estimate of drug-likeness (QED) is 0.237. The third-order valence-corrected chi connectivity index (χ3v) is 12.9. The Hall–Kier alpha value is -2.49. The fraction of sp³-hybridized carbons (Fsp3) is 0.727. The summed E-state index contributed by atoms with van der Waals surface area (Å²) in [4.78, 5) is 41.2. The van der Waals surface area contributed by atoms with Gasteiger partial charge in [-0.1, -0.05) is 38.8 Å². The van der Waals surface area contributed by atoms with Crippen molar-refractivity contribution in [2.75, 3.05) is 6.61 Å². The van der Waals surface area contributed by atoms with Crippen LogP contribution in [0.25, 0.3) is 0 Å². The molecule has 9 nitrogen and oxygen atoms in total. The molecule has 6 fully saturated rings. The third kappa shape index (κ3) is 2.61. The summed E-state index contributed by atoms with van der Waals surface area (Å²) < 4.78 is 31.2. The van der Waals surface area contributed by atoms with Gasteiger partial charge in [0, 0.05) is 22.8 Å². The first-order chi connectivity index (χ1) is 20.0. The molecule has 9 rings (SSSR count). The number of ether oxygens (including phenoxy) is 4. The Kier molecular flexibility index (Phi) is 5.26. The minimum absolute atomic E-state index is 0.0315. The largest absolute Gasteiger partial charge is 0.469 e. The van der Waals surface area contributed by atoms with Gasteiger partial charge in [0.05, 0.1) is 35.2 Å². The highest BCUT2D eigenvalue weighted by Gasteiger charge is 2.94. The van der Waals surface area contributed by atoms with Gasteiger partial charge in [-0.05, 0) is 51.5 Å². The van der Waals surface area contributed by atoms with Crippen molar-refractivity contribution < 1.29 is 42.9 Å². The molecule has 8 aliphatic rings. The predicted octanol–water partition coefficient (Wildman–Crippen LogP) is 4.15. The summed E-state index contributed by atoms with van der Waals surface area (Å²) in [7, 11) is 0. The summed E-state index contributed by atoms with van der Waals surface area (Å²) in [5, 5.41) is 12.4. The molecule has 1 N–H and O–H groups in total. The van der Waals surface area contributed by atoms with Crippen molar-refractivity contribution in [1.29, 1.82) is 0 Å². The maximum absolute atomic E-state index is 14.8. The van der Waals surface area contributed by atoms with Crippen molar-refractivity contribution >= 4 is 17.7 Å². The third-order valence-electron chi connectivity index (χ3n) is 12.9. The van der Waals surface area contributed by atoms with Gasteiger partial charge >= 0.3 is 11.9 Å². The van der Waals surface area contributed by atoms with Crippen LogP contribution in [0.15, 0.2) is 28.9 Å². The zero-order chi connectivity index (χ0) is 29.5. The molecule has 0 unspecified atom stereocenters. The first kappa shape index (κ1) is 27.1. The topological polar surface area (TPSA) is 125 Å². The Morgan fingerprint density at radius 1 is 1.05 bits per heavy atom. The van der Waals surface area contributed by atoms with Crippen molar-refractivity contribution in [2.24, 2.45) is 27.6 Å². The van der Waals surface area contributed by atoms with Crippen LogP contribution in [0.1, 0.15) is 90.1 Å². The van der Waals surface area contributed by atoms with E-state index in [1.165, 1.54) is 0 Å². The fourth-order valence-electron chi connectivity index (χ4n) is 11.4. The highest BCUT2D eigenvalue weighted by Crippen LogP contribution is 2.84. The van der Waals surface area contributed by atoms with Gasteiger partial charge in [-0.3, -0.25) is 9.59 Å². The highest BCUT2D eigenvalue weighted by molar-refractivity contribution is 5.97. The number of hydrogen-bond acceptors (Lipinski definition) is 9. The molecular formula is C33H40O9. The molecule has 1 aromatic heterocycles. The molecule has 4 spiro atoms. The van der Waals surface area contributed by atoms with Crippen LogP contribution >= 0.6 is 0 Å². The summed E-state index contributed by atoms with van der Waals surface area (Å²) in [6, 6.07) is 1.90. The molecular weight excluding hydrogens is 540 g/mol. The van der Waals surface area contributed by atoms with Crippen LogP contribution in [0.2, 0.25) is 0 Å². The van der Waals surface area contributed by atoms with Crippen LogP contribution in [0.3, 0.4) is 0 Å². The summed E-state index contributed by atoms with van der Waals surface area (Å²) in [5.41, 5.74) is -5.23. The molecule has 2 bridgehead atoms. The van der Waals surface area contributed by atoms with Gasteiger partial charge in [0.2, 0.25) is 0 Å². The maximum atomic E-state index is 14.8. The second-order valence-electron chi connectivity index (χ2n) is 14.6. The molecule has 1 aromatic rings. The van der Waals surface area contributed by atoms with E-state index in [0.29, 0.717) is 19.3 Å². The molecule has 5 heterocycles. The van der Waals surface area contributed by atoms with Crippen molar-refractivity contribution in [1.82, 2.24) is 0 Å². The van der Waals surface area contributed by atoms with Crippen LogP contribution in [-0.2, 0) is 39.8 Å². The summed E-state index contributed by atoms with van der Waals surface area (Å²) in [6.45, 7) is 8.05. The molecule has 4 aliphatic carbocycles. The average molecular weight is 581 g/mol. The lowest BCUT2D eigenvalue weighted by Gasteiger charge is -2.68. The minimum atomic E-state index is -1.40. The number of cyclic esters (lactones) is 2. The standard InChI is InChI=1S/C33H40O9/c1-5-6-7-9-19-18(11-15-38-19)25-29(4)14-10-20-30(33(29)26(42-33)27(37)40-25)12-8-13-32(24(36)23(30)35)28(2,3)41-21-16-22(34)39-17-31(20,21)32/h8,11,13,15,20-21,23,25-26,35H,5-7,9-10,12,14,16-17H2,1-4H3/t20-,21+,23-,25-,26-,29-,30+,31-,32+,33+/m1/s1. The number of Topliss-reactive ketones (excluding diaryl/α,β-unsaturated/α-hetero) is 1. The predicted molar refractivity (Wildman–Crippen MR) is 146 cm³/mol. The van der Waals surface area contributed by atoms with Gasteiger partial charge in [0.1, 0.15) is 30.2 Å². The SMILES string of the molecule is CCCCCc1occc1[C@H]1OC(=O)[C@H]2O[C@@]23[C@]24CC=C[C@]5(C(=O)[C@H]2O)C(C)(C)O[C@H]2CC(=O)OC[C@@]25[C@@H]4CC[C@]13C. The van der Waals surface area contributed by atoms with Crippen LogP contribution in [0, 0.1) is 27.6 Å². The number of carbonyl (C=O) groups is 3. The second-order valence-corrected chi connectivity index (χ2v) is 14.6. The molecule has 0 amide bonds. The van der Waals surface area contributed by atoms with Gasteiger partial charge < -0.3 is 28.5 Å². The molecule has 0 radical (unpaired) electrons. The Bertz CT molecular complexity index is 1430. The van der Waals surface area contributed by atoms with Gasteiger partial charge in [0.25, 0.3) is 0 Å². The van der Waals surface area contributed by atoms with Gasteiger partial charge in [-0.2, -0.15) is 0 Å². The normalized spacial score (nSPS) is 49.2. The van der Waals surface area contributed by atoms with Crippen LogP contribution in [0.4, 0.5) is 0 Å². The van der Waals surface area contributed by atoms with Crippen molar-refractivity contribution in [3.8, 4) is 0 Å². The van der Waals surface area contributed by atoms with Crippen molar-refractivity contribution in [3.05, 3.63) is 35.8 Å². The number of furan rings is 1. The highest BCUT2D eigenvalue weighted by atomic mass is 16.7. The summed E-state index contributed by atoms with van der Waals surface area (Å²) in [6.07, 6.45) is 7.62. The molecule has 42 heavy (non-hydrogen) atoms. The van der Waals surface area contributed by atoms with Gasteiger partial charge in [0.15, 0.2) is 11.9 Å². The van der Waals surface area contributed by atoms with E-state index in [0.717, 1.165) is 37.0 Å². The number of epoxide rings is 1. The molecule has 9 heteroatoms. The Morgan fingerprint density at radius 2 is 1.86 bits per heavy atom. The van der Waals surface area contributed by atoms with E-state index < -0.39 is 63.2 Å². The van der Waals surface area contributed by atoms with E-state index in [-0.39, 0.29) is 30.7 Å². The van der Waals surface area contributed by atoms with Crippen LogP contribution in [0.5, 0.6) is 0 Å².